The molecule has 0 amide bonds. The fourth-order valence-electron chi connectivity index (χ4n) is 1.92. The zero-order chi connectivity index (χ0) is 10.4. The van der Waals surface area contributed by atoms with Gasteiger partial charge in [0.1, 0.15) is 5.54 Å². The van der Waals surface area contributed by atoms with Crippen LogP contribution in [-0.4, -0.2) is 25.3 Å². The van der Waals surface area contributed by atoms with E-state index in [-0.39, 0.29) is 11.6 Å². The Bertz CT molecular complexity index is 212. The van der Waals surface area contributed by atoms with Gasteiger partial charge in [-0.3, -0.25) is 0 Å². The van der Waals surface area contributed by atoms with Gasteiger partial charge in [-0.05, 0) is 26.3 Å². The van der Waals surface area contributed by atoms with Crippen LogP contribution in [0.4, 0.5) is 0 Å². The lowest BCUT2D eigenvalue weighted by Crippen LogP contribution is -2.39. The molecule has 1 aliphatic carbocycles. The summed E-state index contributed by atoms with van der Waals surface area (Å²) in [6.07, 6.45) is 5.34. The van der Waals surface area contributed by atoms with Crippen LogP contribution in [0.5, 0.6) is 0 Å². The number of hydrogen-bond donors (Lipinski definition) is 1. The zero-order valence-corrected chi connectivity index (χ0v) is 9.18. The maximum Gasteiger partial charge on any atom is 0.109 e. The molecule has 14 heavy (non-hydrogen) atoms. The second-order valence-electron chi connectivity index (χ2n) is 4.03. The van der Waals surface area contributed by atoms with Gasteiger partial charge in [-0.2, -0.15) is 5.26 Å². The average Bonchev–Trinajstić information content (AvgIpc) is 2.63. The topological polar surface area (TPSA) is 45.0 Å². The van der Waals surface area contributed by atoms with Crippen LogP contribution < -0.4 is 5.32 Å². The first-order valence-electron chi connectivity index (χ1n) is 5.48. The maximum absolute atomic E-state index is 9.04. The zero-order valence-electron chi connectivity index (χ0n) is 9.18. The molecule has 0 bridgehead atoms. The van der Waals surface area contributed by atoms with Crippen molar-refractivity contribution in [3.63, 3.8) is 0 Å². The van der Waals surface area contributed by atoms with Crippen molar-refractivity contribution in [3.8, 4) is 6.07 Å². The summed E-state index contributed by atoms with van der Waals surface area (Å²) in [5.74, 6) is 0. The molecule has 3 nitrogen and oxygen atoms in total. The van der Waals surface area contributed by atoms with E-state index >= 15 is 0 Å². The lowest BCUT2D eigenvalue weighted by atomic mass is 10.0. The van der Waals surface area contributed by atoms with Gasteiger partial charge in [0.2, 0.25) is 0 Å². The van der Waals surface area contributed by atoms with Crippen molar-refractivity contribution in [1.29, 1.82) is 5.26 Å². The first-order chi connectivity index (χ1) is 6.76. The van der Waals surface area contributed by atoms with E-state index in [2.05, 4.69) is 18.3 Å². The molecule has 0 aromatic rings. The van der Waals surface area contributed by atoms with Gasteiger partial charge in [-0.1, -0.05) is 13.3 Å². The summed E-state index contributed by atoms with van der Waals surface area (Å²) >= 11 is 0. The van der Waals surface area contributed by atoms with Gasteiger partial charge in [0.05, 0.1) is 12.2 Å². The van der Waals surface area contributed by atoms with Crippen molar-refractivity contribution in [2.75, 3.05) is 13.7 Å². The van der Waals surface area contributed by atoms with Crippen LogP contribution in [0.25, 0.3) is 0 Å². The third-order valence-electron chi connectivity index (χ3n) is 3.01. The van der Waals surface area contributed by atoms with Gasteiger partial charge < -0.3 is 10.1 Å². The number of unbranched alkanes of at least 4 members (excludes halogenated alkanes) is 1. The number of nitriles is 1. The molecule has 80 valence electrons. The molecule has 0 aromatic heterocycles. The number of hydrogen-bond acceptors (Lipinski definition) is 3. The number of nitrogens with zero attached hydrogens (tertiary/aromatic N) is 1. The molecule has 1 rings (SSSR count). The van der Waals surface area contributed by atoms with E-state index in [1.807, 2.05) is 7.05 Å². The lowest BCUT2D eigenvalue weighted by molar-refractivity contribution is 0.0531. The van der Waals surface area contributed by atoms with E-state index in [1.165, 1.54) is 6.42 Å². The van der Waals surface area contributed by atoms with Crippen LogP contribution >= 0.6 is 0 Å². The first kappa shape index (κ1) is 11.5. The number of ether oxygens (including phenoxy) is 1. The Labute approximate surface area is 86.4 Å². The van der Waals surface area contributed by atoms with Crippen LogP contribution in [-0.2, 0) is 4.74 Å². The Morgan fingerprint density at radius 2 is 2.43 bits per heavy atom. The average molecular weight is 196 g/mol. The maximum atomic E-state index is 9.04. The molecule has 0 radical (unpaired) electrons. The highest BCUT2D eigenvalue weighted by Gasteiger charge is 2.38. The fourth-order valence-corrected chi connectivity index (χ4v) is 1.92. The monoisotopic (exact) mass is 196 g/mol. The third-order valence-corrected chi connectivity index (χ3v) is 3.01. The molecule has 2 unspecified atom stereocenters. The van der Waals surface area contributed by atoms with E-state index in [4.69, 9.17) is 10.00 Å². The van der Waals surface area contributed by atoms with Crippen molar-refractivity contribution in [1.82, 2.24) is 5.32 Å². The van der Waals surface area contributed by atoms with Crippen LogP contribution in [0.15, 0.2) is 0 Å². The molecule has 0 heterocycles. The normalized spacial score (nSPS) is 31.6. The SMILES string of the molecule is CCCCOC1CCC(C#N)(NC)C1. The highest BCUT2D eigenvalue weighted by molar-refractivity contribution is 5.11. The highest BCUT2D eigenvalue weighted by atomic mass is 16.5. The molecule has 0 saturated heterocycles. The molecule has 0 spiro atoms. The second kappa shape index (κ2) is 5.33. The Morgan fingerprint density at radius 3 is 2.93 bits per heavy atom. The summed E-state index contributed by atoms with van der Waals surface area (Å²) in [7, 11) is 1.86. The third kappa shape index (κ3) is 2.70. The number of nitrogens with one attached hydrogen (secondary N) is 1. The van der Waals surface area contributed by atoms with Gasteiger partial charge >= 0.3 is 0 Å². The summed E-state index contributed by atoms with van der Waals surface area (Å²) in [6, 6.07) is 2.36. The van der Waals surface area contributed by atoms with E-state index in [0.29, 0.717) is 0 Å². The Balaban J connectivity index is 2.30. The largest absolute Gasteiger partial charge is 0.378 e. The van der Waals surface area contributed by atoms with Crippen LogP contribution in [0.3, 0.4) is 0 Å². The quantitative estimate of drug-likeness (QED) is 0.682. The molecule has 1 aliphatic rings. The Kier molecular flexibility index (Phi) is 4.37. The summed E-state index contributed by atoms with van der Waals surface area (Å²) in [5.41, 5.74) is -0.323. The predicted octanol–water partition coefficient (Wildman–Crippen LogP) is 1.84. The minimum absolute atomic E-state index is 0.286. The second-order valence-corrected chi connectivity index (χ2v) is 4.03. The van der Waals surface area contributed by atoms with Crippen LogP contribution in [0.2, 0.25) is 0 Å². The van der Waals surface area contributed by atoms with Gasteiger partial charge in [-0.25, -0.2) is 0 Å². The van der Waals surface area contributed by atoms with E-state index in [1.54, 1.807) is 0 Å². The molecule has 3 heteroatoms. The molecule has 1 N–H and O–H groups in total. The minimum atomic E-state index is -0.323. The summed E-state index contributed by atoms with van der Waals surface area (Å²) in [4.78, 5) is 0. The molecular formula is C11H20N2O. The van der Waals surface area contributed by atoms with E-state index in [0.717, 1.165) is 32.3 Å². The molecule has 0 aliphatic heterocycles. The van der Waals surface area contributed by atoms with E-state index < -0.39 is 0 Å². The minimum Gasteiger partial charge on any atom is -0.378 e. The van der Waals surface area contributed by atoms with Crippen LogP contribution in [0, 0.1) is 11.3 Å². The van der Waals surface area contributed by atoms with Gasteiger partial charge in [0.25, 0.3) is 0 Å². The van der Waals surface area contributed by atoms with Gasteiger partial charge in [-0.15, -0.1) is 0 Å². The molecule has 1 fully saturated rings. The van der Waals surface area contributed by atoms with Crippen molar-refractivity contribution < 1.29 is 4.74 Å². The predicted molar refractivity (Wildman–Crippen MR) is 55.9 cm³/mol. The summed E-state index contributed by atoms with van der Waals surface area (Å²) in [6.45, 7) is 3.00. The Hall–Kier alpha value is -0.590. The van der Waals surface area contributed by atoms with Crippen molar-refractivity contribution in [2.24, 2.45) is 0 Å². The molecule has 1 saturated carbocycles. The van der Waals surface area contributed by atoms with Crippen molar-refractivity contribution >= 4 is 0 Å². The molecular weight excluding hydrogens is 176 g/mol. The van der Waals surface area contributed by atoms with E-state index in [9.17, 15) is 0 Å². The van der Waals surface area contributed by atoms with Crippen molar-refractivity contribution in [3.05, 3.63) is 0 Å². The molecule has 0 aromatic carbocycles. The molecule has 2 atom stereocenters. The first-order valence-corrected chi connectivity index (χ1v) is 5.48. The van der Waals surface area contributed by atoms with Gasteiger partial charge in [0, 0.05) is 13.0 Å². The highest BCUT2D eigenvalue weighted by Crippen LogP contribution is 2.31. The van der Waals surface area contributed by atoms with Gasteiger partial charge in [0.15, 0.2) is 0 Å². The standard InChI is InChI=1S/C11H20N2O/c1-3-4-7-14-10-5-6-11(8-10,9-12)13-2/h10,13H,3-8H2,1-2H3. The fraction of sp³-hybridized carbons (Fsp3) is 0.909. The van der Waals surface area contributed by atoms with Crippen molar-refractivity contribution in [2.45, 2.75) is 50.7 Å². The summed E-state index contributed by atoms with van der Waals surface area (Å²) < 4.78 is 5.71. The lowest BCUT2D eigenvalue weighted by Gasteiger charge is -2.19. The smallest absolute Gasteiger partial charge is 0.109 e. The van der Waals surface area contributed by atoms with Crippen LogP contribution in [0.1, 0.15) is 39.0 Å². The number of rotatable bonds is 5. The Morgan fingerprint density at radius 1 is 1.64 bits per heavy atom. The summed E-state index contributed by atoms with van der Waals surface area (Å²) in [5, 5.41) is 12.1.